The van der Waals surface area contributed by atoms with Gasteiger partial charge < -0.3 is 9.88 Å². The smallest absolute Gasteiger partial charge is 0.234 e. The molecule has 0 spiro atoms. The Hall–Kier alpha value is -2.25. The zero-order valence-corrected chi connectivity index (χ0v) is 19.6. The standard InChI is InChI=1S/C23H28N4OS2/c1-5-27-21(14-29-13-19-11-9-16(2)10-12-19)25-26-23(27)30-15-22(28)24-20-8-6-7-17(3)18(20)4/h6-12H,5,13-15H2,1-4H3,(H,24,28). The Balaban J connectivity index is 1.53. The Morgan fingerprint density at radius 1 is 1.03 bits per heavy atom. The number of aromatic nitrogens is 3. The summed E-state index contributed by atoms with van der Waals surface area (Å²) in [5.74, 6) is 2.96. The van der Waals surface area contributed by atoms with Crippen LogP contribution in [0.2, 0.25) is 0 Å². The Kier molecular flexibility index (Phi) is 7.99. The second-order valence-corrected chi connectivity index (χ2v) is 9.13. The fourth-order valence-corrected chi connectivity index (χ4v) is 4.75. The Labute approximate surface area is 187 Å². The van der Waals surface area contributed by atoms with Crippen molar-refractivity contribution < 1.29 is 4.79 Å². The molecule has 158 valence electrons. The van der Waals surface area contributed by atoms with Crippen LogP contribution in [0.25, 0.3) is 0 Å². The molecule has 1 N–H and O–H groups in total. The first-order valence-corrected chi connectivity index (χ1v) is 12.2. The van der Waals surface area contributed by atoms with Crippen LogP contribution in [0.15, 0.2) is 47.6 Å². The molecule has 0 radical (unpaired) electrons. The van der Waals surface area contributed by atoms with Gasteiger partial charge in [-0.3, -0.25) is 4.79 Å². The van der Waals surface area contributed by atoms with Gasteiger partial charge in [0.05, 0.1) is 11.5 Å². The highest BCUT2D eigenvalue weighted by atomic mass is 32.2. The highest BCUT2D eigenvalue weighted by Gasteiger charge is 2.14. The van der Waals surface area contributed by atoms with Crippen LogP contribution in [0, 0.1) is 20.8 Å². The van der Waals surface area contributed by atoms with Crippen molar-refractivity contribution in [2.45, 2.75) is 50.9 Å². The van der Waals surface area contributed by atoms with Gasteiger partial charge in [-0.05, 0) is 50.5 Å². The van der Waals surface area contributed by atoms with E-state index in [0.29, 0.717) is 5.75 Å². The van der Waals surface area contributed by atoms with Gasteiger partial charge >= 0.3 is 0 Å². The molecule has 0 aliphatic rings. The van der Waals surface area contributed by atoms with Gasteiger partial charge in [0, 0.05) is 18.0 Å². The van der Waals surface area contributed by atoms with Crippen molar-refractivity contribution in [3.8, 4) is 0 Å². The molecule has 3 aromatic rings. The van der Waals surface area contributed by atoms with Crippen molar-refractivity contribution in [1.82, 2.24) is 14.8 Å². The number of rotatable bonds is 9. The van der Waals surface area contributed by atoms with Gasteiger partial charge in [0.15, 0.2) is 5.16 Å². The number of anilines is 1. The van der Waals surface area contributed by atoms with Gasteiger partial charge in [0.25, 0.3) is 0 Å². The second-order valence-electron chi connectivity index (χ2n) is 7.21. The zero-order chi connectivity index (χ0) is 21.5. The number of hydrogen-bond acceptors (Lipinski definition) is 5. The molecule has 0 saturated carbocycles. The number of benzene rings is 2. The first kappa shape index (κ1) is 22.4. The molecular formula is C23H28N4OS2. The Morgan fingerprint density at radius 3 is 2.53 bits per heavy atom. The number of nitrogens with one attached hydrogen (secondary N) is 1. The van der Waals surface area contributed by atoms with Crippen LogP contribution in [0.5, 0.6) is 0 Å². The van der Waals surface area contributed by atoms with Gasteiger partial charge in [-0.2, -0.15) is 0 Å². The molecule has 3 rings (SSSR count). The van der Waals surface area contributed by atoms with Crippen molar-refractivity contribution in [2.24, 2.45) is 0 Å². The van der Waals surface area contributed by atoms with E-state index in [1.807, 2.05) is 43.8 Å². The summed E-state index contributed by atoms with van der Waals surface area (Å²) >= 11 is 3.25. The molecule has 0 saturated heterocycles. The van der Waals surface area contributed by atoms with E-state index in [9.17, 15) is 4.79 Å². The van der Waals surface area contributed by atoms with Crippen molar-refractivity contribution in [3.63, 3.8) is 0 Å². The van der Waals surface area contributed by atoms with Crippen molar-refractivity contribution in [1.29, 1.82) is 0 Å². The first-order chi connectivity index (χ1) is 14.5. The highest BCUT2D eigenvalue weighted by molar-refractivity contribution is 7.99. The Bertz CT molecular complexity index is 999. The number of nitrogens with zero attached hydrogens (tertiary/aromatic N) is 3. The average molecular weight is 441 g/mol. The van der Waals surface area contributed by atoms with Crippen LogP contribution in [0.1, 0.15) is 35.0 Å². The van der Waals surface area contributed by atoms with Crippen LogP contribution in [0.4, 0.5) is 5.69 Å². The Morgan fingerprint density at radius 2 is 1.80 bits per heavy atom. The normalized spacial score (nSPS) is 10.9. The van der Waals surface area contributed by atoms with Crippen LogP contribution < -0.4 is 5.32 Å². The summed E-state index contributed by atoms with van der Waals surface area (Å²) in [7, 11) is 0. The molecule has 5 nitrogen and oxygen atoms in total. The largest absolute Gasteiger partial charge is 0.325 e. The van der Waals surface area contributed by atoms with Crippen molar-refractivity contribution >= 4 is 35.1 Å². The van der Waals surface area contributed by atoms with Gasteiger partial charge in [-0.15, -0.1) is 22.0 Å². The molecule has 0 fully saturated rings. The zero-order valence-electron chi connectivity index (χ0n) is 17.9. The number of amides is 1. The summed E-state index contributed by atoms with van der Waals surface area (Å²) in [4.78, 5) is 12.4. The van der Waals surface area contributed by atoms with E-state index in [0.717, 1.165) is 40.3 Å². The fraction of sp³-hybridized carbons (Fsp3) is 0.348. The third-order valence-corrected chi connectivity index (χ3v) is 6.91. The van der Waals surface area contributed by atoms with Gasteiger partial charge in [0.2, 0.25) is 5.91 Å². The lowest BCUT2D eigenvalue weighted by atomic mass is 10.1. The SMILES string of the molecule is CCn1c(CSCc2ccc(C)cc2)nnc1SCC(=O)Nc1cccc(C)c1C. The number of aryl methyl sites for hydroxylation is 2. The lowest BCUT2D eigenvalue weighted by Crippen LogP contribution is -2.15. The highest BCUT2D eigenvalue weighted by Crippen LogP contribution is 2.23. The van der Waals surface area contributed by atoms with E-state index in [2.05, 4.69) is 58.2 Å². The molecule has 1 amide bonds. The van der Waals surface area contributed by atoms with E-state index >= 15 is 0 Å². The second kappa shape index (κ2) is 10.7. The third kappa shape index (κ3) is 5.89. The van der Waals surface area contributed by atoms with E-state index in [-0.39, 0.29) is 5.91 Å². The molecule has 0 aliphatic heterocycles. The monoisotopic (exact) mass is 440 g/mol. The number of carbonyl (C=O) groups excluding carboxylic acids is 1. The maximum absolute atomic E-state index is 12.4. The summed E-state index contributed by atoms with van der Waals surface area (Å²) in [5.41, 5.74) is 5.72. The minimum Gasteiger partial charge on any atom is -0.325 e. The summed E-state index contributed by atoms with van der Waals surface area (Å²) < 4.78 is 2.10. The lowest BCUT2D eigenvalue weighted by molar-refractivity contribution is -0.113. The summed E-state index contributed by atoms with van der Waals surface area (Å²) in [6.45, 7) is 9.03. The molecule has 7 heteroatoms. The first-order valence-electron chi connectivity index (χ1n) is 10.0. The predicted molar refractivity (Wildman–Crippen MR) is 127 cm³/mol. The summed E-state index contributed by atoms with van der Waals surface area (Å²) in [6.07, 6.45) is 0. The lowest BCUT2D eigenvalue weighted by Gasteiger charge is -2.10. The third-order valence-electron chi connectivity index (χ3n) is 4.94. The summed E-state index contributed by atoms with van der Waals surface area (Å²) in [6, 6.07) is 14.6. The quantitative estimate of drug-likeness (QED) is 0.452. The van der Waals surface area contributed by atoms with Crippen LogP contribution in [-0.4, -0.2) is 26.4 Å². The molecule has 30 heavy (non-hydrogen) atoms. The van der Waals surface area contributed by atoms with Crippen LogP contribution in [-0.2, 0) is 22.8 Å². The van der Waals surface area contributed by atoms with Gasteiger partial charge in [0.1, 0.15) is 5.82 Å². The maximum Gasteiger partial charge on any atom is 0.234 e. The topological polar surface area (TPSA) is 59.8 Å². The van der Waals surface area contributed by atoms with Gasteiger partial charge in [-0.1, -0.05) is 53.7 Å². The number of thioether (sulfide) groups is 2. The molecule has 1 heterocycles. The molecule has 2 aromatic carbocycles. The maximum atomic E-state index is 12.4. The van der Waals surface area contributed by atoms with Crippen molar-refractivity contribution in [3.05, 3.63) is 70.5 Å². The van der Waals surface area contributed by atoms with Gasteiger partial charge in [-0.25, -0.2) is 0 Å². The predicted octanol–water partition coefficient (Wildman–Crippen LogP) is 5.39. The van der Waals surface area contributed by atoms with Crippen molar-refractivity contribution in [2.75, 3.05) is 11.1 Å². The molecule has 0 atom stereocenters. The molecular weight excluding hydrogens is 412 g/mol. The minimum absolute atomic E-state index is 0.0327. The molecule has 0 unspecified atom stereocenters. The van der Waals surface area contributed by atoms with E-state index in [4.69, 9.17) is 0 Å². The summed E-state index contributed by atoms with van der Waals surface area (Å²) in [5, 5.41) is 12.5. The number of hydrogen-bond donors (Lipinski definition) is 1. The number of carbonyl (C=O) groups is 1. The van der Waals surface area contributed by atoms with E-state index in [1.165, 1.54) is 28.5 Å². The average Bonchev–Trinajstić information content (AvgIpc) is 3.13. The minimum atomic E-state index is -0.0327. The molecule has 0 bridgehead atoms. The van der Waals surface area contributed by atoms with Crippen LogP contribution >= 0.6 is 23.5 Å². The molecule has 0 aliphatic carbocycles. The van der Waals surface area contributed by atoms with E-state index in [1.54, 1.807) is 0 Å². The fourth-order valence-electron chi connectivity index (χ4n) is 3.00. The van der Waals surface area contributed by atoms with Crippen LogP contribution in [0.3, 0.4) is 0 Å². The van der Waals surface area contributed by atoms with E-state index < -0.39 is 0 Å². The molecule has 1 aromatic heterocycles.